The van der Waals surface area contributed by atoms with Gasteiger partial charge in [0.1, 0.15) is 0 Å². The van der Waals surface area contributed by atoms with E-state index in [1.54, 1.807) is 0 Å². The number of hydrogen-bond donors (Lipinski definition) is 1. The molecule has 0 aromatic heterocycles. The van der Waals surface area contributed by atoms with Crippen LogP contribution in [0.5, 0.6) is 0 Å². The van der Waals surface area contributed by atoms with Crippen molar-refractivity contribution in [1.29, 1.82) is 0 Å². The molecule has 0 saturated carbocycles. The van der Waals surface area contributed by atoms with Gasteiger partial charge in [-0.3, -0.25) is 0 Å². The van der Waals surface area contributed by atoms with Gasteiger partial charge in [-0.15, -0.1) is 0 Å². The van der Waals surface area contributed by atoms with Gasteiger partial charge in [0.2, 0.25) is 0 Å². The number of rotatable bonds is 6. The third kappa shape index (κ3) is 11.7. The molecule has 0 aromatic rings. The fourth-order valence-electron chi connectivity index (χ4n) is 1.49. The summed E-state index contributed by atoms with van der Waals surface area (Å²) >= 11 is 0. The average Bonchev–Trinajstić information content (AvgIpc) is 2.50. The second-order valence-corrected chi connectivity index (χ2v) is 3.48. The van der Waals surface area contributed by atoms with Crippen LogP contribution in [0.1, 0.15) is 54.9 Å². The molecular weight excluding hydrogens is 230 g/mol. The highest BCUT2D eigenvalue weighted by molar-refractivity contribution is 5.36. The van der Waals surface area contributed by atoms with Gasteiger partial charge in [0, 0.05) is 6.04 Å². The van der Waals surface area contributed by atoms with E-state index in [0.717, 1.165) is 6.42 Å². The number of nitrogens with one attached hydrogen (secondary N) is 1. The van der Waals surface area contributed by atoms with Crippen molar-refractivity contribution in [2.24, 2.45) is 0 Å². The molecular formula is C18H35N. The van der Waals surface area contributed by atoms with Crippen molar-refractivity contribution in [3.8, 4) is 0 Å². The van der Waals surface area contributed by atoms with Gasteiger partial charge in [0.25, 0.3) is 0 Å². The molecule has 112 valence electrons. The van der Waals surface area contributed by atoms with Gasteiger partial charge in [-0.05, 0) is 38.5 Å². The second-order valence-electron chi connectivity index (χ2n) is 3.48. The first-order chi connectivity index (χ1) is 9.21. The van der Waals surface area contributed by atoms with E-state index >= 15 is 0 Å². The van der Waals surface area contributed by atoms with Crippen molar-refractivity contribution < 1.29 is 0 Å². The Morgan fingerprint density at radius 2 is 1.68 bits per heavy atom. The molecule has 1 nitrogen and oxygen atoms in total. The Hall–Kier alpha value is -1.08. The van der Waals surface area contributed by atoms with Gasteiger partial charge in [-0.2, -0.15) is 0 Å². The van der Waals surface area contributed by atoms with Gasteiger partial charge >= 0.3 is 0 Å². The maximum absolute atomic E-state index is 3.82. The van der Waals surface area contributed by atoms with E-state index in [2.05, 4.69) is 37.9 Å². The summed E-state index contributed by atoms with van der Waals surface area (Å²) in [4.78, 5) is 0. The highest BCUT2D eigenvalue weighted by atomic mass is 14.9. The highest BCUT2D eigenvalue weighted by Gasteiger charge is 2.08. The lowest BCUT2D eigenvalue weighted by Crippen LogP contribution is -2.26. The lowest BCUT2D eigenvalue weighted by molar-refractivity contribution is 0.624. The first-order valence-corrected chi connectivity index (χ1v) is 7.51. The lowest BCUT2D eigenvalue weighted by Gasteiger charge is -2.17. The summed E-state index contributed by atoms with van der Waals surface area (Å²) in [5, 5.41) is 3.31. The molecule has 1 atom stereocenters. The van der Waals surface area contributed by atoms with Gasteiger partial charge < -0.3 is 5.32 Å². The van der Waals surface area contributed by atoms with Crippen LogP contribution in [0.3, 0.4) is 0 Å². The van der Waals surface area contributed by atoms with Gasteiger partial charge in [0.05, 0.1) is 0 Å². The molecule has 0 bridgehead atoms. The normalized spacial score (nSPS) is 13.1. The Balaban J connectivity index is -0.000000579. The zero-order chi connectivity index (χ0) is 15.7. The summed E-state index contributed by atoms with van der Waals surface area (Å²) in [5.41, 5.74) is 2.55. The smallest absolute Gasteiger partial charge is 0.0317 e. The van der Waals surface area contributed by atoms with Crippen molar-refractivity contribution >= 4 is 0 Å². The van der Waals surface area contributed by atoms with Crippen molar-refractivity contribution in [2.75, 3.05) is 7.05 Å². The molecule has 19 heavy (non-hydrogen) atoms. The highest BCUT2D eigenvalue weighted by Crippen LogP contribution is 2.14. The zero-order valence-corrected chi connectivity index (χ0v) is 14.4. The van der Waals surface area contributed by atoms with Crippen LogP contribution >= 0.6 is 0 Å². The van der Waals surface area contributed by atoms with E-state index in [4.69, 9.17) is 0 Å². The number of likely N-dealkylation sites (N-methyl/N-ethyl adjacent to an activating group) is 1. The Morgan fingerprint density at radius 1 is 1.16 bits per heavy atom. The van der Waals surface area contributed by atoms with E-state index in [1.807, 2.05) is 59.9 Å². The standard InChI is InChI=1S/C14H23N.2C2H6/c1-6-9-10-11-13(12(4)7-2)14(8-3)15-5;2*1-2/h6-7,9-11,14-15H,2,8H2,1,3-5H3;2*1-2H3/b9-6-,11-10-,13-12+;;. The Morgan fingerprint density at radius 3 is 2.00 bits per heavy atom. The Labute approximate surface area is 122 Å². The van der Waals surface area contributed by atoms with Crippen LogP contribution in [-0.2, 0) is 0 Å². The fraction of sp³-hybridized carbons (Fsp3) is 0.556. The molecule has 1 unspecified atom stereocenters. The summed E-state index contributed by atoms with van der Waals surface area (Å²) in [5.74, 6) is 0. The third-order valence-electron chi connectivity index (χ3n) is 2.47. The zero-order valence-electron chi connectivity index (χ0n) is 14.4. The van der Waals surface area contributed by atoms with Gasteiger partial charge in [0.15, 0.2) is 0 Å². The summed E-state index contributed by atoms with van der Waals surface area (Å²) in [7, 11) is 1.99. The largest absolute Gasteiger partial charge is 0.313 e. The number of hydrogen-bond acceptors (Lipinski definition) is 1. The molecule has 0 aliphatic heterocycles. The van der Waals surface area contributed by atoms with Crippen LogP contribution < -0.4 is 5.32 Å². The summed E-state index contributed by atoms with van der Waals surface area (Å²) < 4.78 is 0. The molecule has 0 aliphatic rings. The molecule has 1 heteroatoms. The predicted octanol–water partition coefficient (Wildman–Crippen LogP) is 5.67. The predicted molar refractivity (Wildman–Crippen MR) is 92.7 cm³/mol. The van der Waals surface area contributed by atoms with E-state index in [0.29, 0.717) is 6.04 Å². The van der Waals surface area contributed by atoms with Gasteiger partial charge in [-0.25, -0.2) is 0 Å². The molecule has 0 aliphatic carbocycles. The fourth-order valence-corrected chi connectivity index (χ4v) is 1.49. The summed E-state index contributed by atoms with van der Waals surface area (Å²) in [6.07, 6.45) is 11.3. The Bertz CT molecular complexity index is 265. The van der Waals surface area contributed by atoms with Crippen LogP contribution in [0.15, 0.2) is 48.1 Å². The topological polar surface area (TPSA) is 12.0 Å². The van der Waals surface area contributed by atoms with Crippen molar-refractivity contribution in [2.45, 2.75) is 60.9 Å². The van der Waals surface area contributed by atoms with E-state index in [1.165, 1.54) is 11.1 Å². The van der Waals surface area contributed by atoms with Crippen LogP contribution in [0.25, 0.3) is 0 Å². The molecule has 0 radical (unpaired) electrons. The first-order valence-electron chi connectivity index (χ1n) is 7.51. The Kier molecular flexibility index (Phi) is 23.4. The van der Waals surface area contributed by atoms with E-state index in [-0.39, 0.29) is 0 Å². The van der Waals surface area contributed by atoms with Crippen molar-refractivity contribution in [1.82, 2.24) is 5.32 Å². The first kappa shape index (κ1) is 23.0. The van der Waals surface area contributed by atoms with Crippen LogP contribution in [0.4, 0.5) is 0 Å². The van der Waals surface area contributed by atoms with Crippen LogP contribution in [-0.4, -0.2) is 13.1 Å². The molecule has 0 heterocycles. The molecule has 1 N–H and O–H groups in total. The third-order valence-corrected chi connectivity index (χ3v) is 2.47. The lowest BCUT2D eigenvalue weighted by atomic mass is 9.99. The number of allylic oxidation sites excluding steroid dienone is 5. The molecule has 0 fully saturated rings. The van der Waals surface area contributed by atoms with Gasteiger partial charge in [-0.1, -0.05) is 71.6 Å². The SMILES string of the molecule is C=C\C(C)=C(/C=C\C=C/C)C(CC)NC.CC.CC. The molecule has 0 aromatic carbocycles. The molecule has 0 spiro atoms. The van der Waals surface area contributed by atoms with E-state index < -0.39 is 0 Å². The van der Waals surface area contributed by atoms with Crippen LogP contribution in [0.2, 0.25) is 0 Å². The van der Waals surface area contributed by atoms with E-state index in [9.17, 15) is 0 Å². The second kappa shape index (κ2) is 19.3. The summed E-state index contributed by atoms with van der Waals surface area (Å²) in [6, 6.07) is 0.407. The molecule has 0 saturated heterocycles. The van der Waals surface area contributed by atoms with Crippen LogP contribution in [0, 0.1) is 0 Å². The minimum atomic E-state index is 0.407. The molecule has 0 rings (SSSR count). The monoisotopic (exact) mass is 265 g/mol. The minimum absolute atomic E-state index is 0.407. The summed E-state index contributed by atoms with van der Waals surface area (Å²) in [6.45, 7) is 18.1. The maximum atomic E-state index is 3.82. The quantitative estimate of drug-likeness (QED) is 0.610. The van der Waals surface area contributed by atoms with Crippen molar-refractivity contribution in [3.63, 3.8) is 0 Å². The van der Waals surface area contributed by atoms with Crippen molar-refractivity contribution in [3.05, 3.63) is 48.1 Å². The minimum Gasteiger partial charge on any atom is -0.313 e. The maximum Gasteiger partial charge on any atom is 0.0317 e. The average molecular weight is 265 g/mol. The molecule has 0 amide bonds.